The average Bonchev–Trinajstić information content (AvgIpc) is 3.43. The smallest absolute Gasteiger partial charge is 0.339 e. The molecular weight excluding hydrogens is 590 g/mol. The Hall–Kier alpha value is -3.87. The number of hydrogen-bond donors (Lipinski definition) is 4. The number of hydroxylamine groups is 2. The maximum atomic E-state index is 12.6. The molecule has 2 unspecified atom stereocenters. The number of amides is 3. The maximum absolute atomic E-state index is 12.6. The fourth-order valence-corrected chi connectivity index (χ4v) is 6.65. The molecule has 0 bridgehead atoms. The second-order valence-electron chi connectivity index (χ2n) is 9.54. The van der Waals surface area contributed by atoms with E-state index >= 15 is 0 Å². The number of hydrogen-bond acceptors (Lipinski definition) is 12. The SMILES string of the molecule is Nc1cc2oc(=O)c3c(c2cc1S(=O)(=O)O)C(C(CC(=O)NCCCC(=O)ON1C(=O)CCC1=O)S(=O)(=O)O)CC3. The Balaban J connectivity index is 1.50. The summed E-state index contributed by atoms with van der Waals surface area (Å²) in [6.07, 6.45) is -1.18. The van der Waals surface area contributed by atoms with Gasteiger partial charge < -0.3 is 20.3 Å². The van der Waals surface area contributed by atoms with E-state index < -0.39 is 77.7 Å². The van der Waals surface area contributed by atoms with Crippen LogP contribution in [0.25, 0.3) is 11.0 Å². The first-order valence-electron chi connectivity index (χ1n) is 12.2. The molecule has 1 fully saturated rings. The topological polar surface area (TPSA) is 258 Å². The molecule has 4 rings (SSSR count). The Morgan fingerprint density at radius 1 is 1.10 bits per heavy atom. The van der Waals surface area contributed by atoms with E-state index in [1.165, 1.54) is 0 Å². The lowest BCUT2D eigenvalue weighted by atomic mass is 9.92. The van der Waals surface area contributed by atoms with E-state index in [1.54, 1.807) is 0 Å². The number of benzene rings is 1. The van der Waals surface area contributed by atoms with E-state index in [4.69, 9.17) is 15.0 Å². The first-order chi connectivity index (χ1) is 19.1. The lowest BCUT2D eigenvalue weighted by molar-refractivity contribution is -0.197. The summed E-state index contributed by atoms with van der Waals surface area (Å²) in [7, 11) is -9.73. The molecule has 222 valence electrons. The van der Waals surface area contributed by atoms with Crippen molar-refractivity contribution in [3.8, 4) is 0 Å². The number of imide groups is 1. The van der Waals surface area contributed by atoms with Crippen LogP contribution in [0.1, 0.15) is 55.6 Å². The summed E-state index contributed by atoms with van der Waals surface area (Å²) in [6, 6.07) is 1.93. The molecule has 2 heterocycles. The van der Waals surface area contributed by atoms with E-state index in [1.807, 2.05) is 0 Å². The van der Waals surface area contributed by atoms with E-state index in [9.17, 15) is 49.9 Å². The van der Waals surface area contributed by atoms with Crippen molar-refractivity contribution in [3.05, 3.63) is 33.7 Å². The zero-order valence-electron chi connectivity index (χ0n) is 21.2. The van der Waals surface area contributed by atoms with Crippen LogP contribution in [0.4, 0.5) is 5.69 Å². The number of nitrogens with one attached hydrogen (secondary N) is 1. The Morgan fingerprint density at radius 3 is 2.37 bits per heavy atom. The first kappa shape index (κ1) is 30.1. The van der Waals surface area contributed by atoms with Crippen molar-refractivity contribution in [1.29, 1.82) is 0 Å². The molecule has 2 aromatic rings. The molecule has 2 aliphatic rings. The Morgan fingerprint density at radius 2 is 1.76 bits per heavy atom. The highest BCUT2D eigenvalue weighted by atomic mass is 32.2. The van der Waals surface area contributed by atoms with E-state index in [-0.39, 0.29) is 67.2 Å². The molecular formula is C23H25N3O13S2. The van der Waals surface area contributed by atoms with Crippen LogP contribution >= 0.6 is 0 Å². The predicted molar refractivity (Wildman–Crippen MR) is 137 cm³/mol. The molecule has 16 nitrogen and oxygen atoms in total. The third-order valence-electron chi connectivity index (χ3n) is 6.83. The zero-order chi connectivity index (χ0) is 30.3. The van der Waals surface area contributed by atoms with Crippen molar-refractivity contribution in [2.75, 3.05) is 12.3 Å². The molecule has 5 N–H and O–H groups in total. The molecule has 1 saturated heterocycles. The number of anilines is 1. The molecule has 0 radical (unpaired) electrons. The van der Waals surface area contributed by atoms with Gasteiger partial charge in [-0.25, -0.2) is 9.59 Å². The average molecular weight is 616 g/mol. The molecule has 2 atom stereocenters. The van der Waals surface area contributed by atoms with Gasteiger partial charge in [0.2, 0.25) is 5.91 Å². The summed E-state index contributed by atoms with van der Waals surface area (Å²) in [5, 5.41) is 1.00. The number of nitrogen functional groups attached to an aromatic ring is 1. The van der Waals surface area contributed by atoms with E-state index in [2.05, 4.69) is 5.32 Å². The van der Waals surface area contributed by atoms with Crippen molar-refractivity contribution < 1.29 is 54.4 Å². The van der Waals surface area contributed by atoms with Gasteiger partial charge in [0, 0.05) is 55.2 Å². The lowest BCUT2D eigenvalue weighted by Gasteiger charge is -2.22. The Labute approximate surface area is 232 Å². The van der Waals surface area contributed by atoms with E-state index in [0.717, 1.165) is 12.1 Å². The molecule has 1 aliphatic heterocycles. The van der Waals surface area contributed by atoms with Crippen molar-refractivity contribution in [2.45, 2.75) is 61.0 Å². The van der Waals surface area contributed by atoms with Gasteiger partial charge in [-0.15, -0.1) is 5.06 Å². The largest absolute Gasteiger partial charge is 0.422 e. The van der Waals surface area contributed by atoms with E-state index in [0.29, 0.717) is 5.06 Å². The van der Waals surface area contributed by atoms with Gasteiger partial charge in [-0.1, -0.05) is 0 Å². The van der Waals surface area contributed by atoms with Gasteiger partial charge in [-0.3, -0.25) is 23.5 Å². The summed E-state index contributed by atoms with van der Waals surface area (Å²) in [4.78, 5) is 64.1. The Bertz CT molecular complexity index is 1710. The normalized spacial score (nSPS) is 18.0. The van der Waals surface area contributed by atoms with Crippen molar-refractivity contribution >= 4 is 60.6 Å². The zero-order valence-corrected chi connectivity index (χ0v) is 22.8. The number of fused-ring (bicyclic) bond motifs is 3. The Kier molecular flexibility index (Phi) is 8.21. The van der Waals surface area contributed by atoms with Crippen LogP contribution in [-0.4, -0.2) is 66.5 Å². The second-order valence-corrected chi connectivity index (χ2v) is 12.6. The summed E-state index contributed by atoms with van der Waals surface area (Å²) >= 11 is 0. The van der Waals surface area contributed by atoms with Crippen LogP contribution in [0.5, 0.6) is 0 Å². The standard InChI is InChI=1S/C23H25N3O13S2/c24-14-9-15-13(8-17(14)41(35,36)37)22-11(3-4-12(22)23(31)38-15)16(40(32,33)34)10-18(27)25-7-1-2-21(30)39-26-19(28)5-6-20(26)29/h8-9,11,16H,1-7,10,24H2,(H,25,27)(H,32,33,34)(H,35,36,37). The van der Waals surface area contributed by atoms with Crippen molar-refractivity contribution in [1.82, 2.24) is 10.4 Å². The fourth-order valence-electron chi connectivity index (χ4n) is 4.98. The van der Waals surface area contributed by atoms with Gasteiger partial charge in [0.25, 0.3) is 32.1 Å². The predicted octanol–water partition coefficient (Wildman–Crippen LogP) is -0.198. The van der Waals surface area contributed by atoms with Gasteiger partial charge in [-0.05, 0) is 30.9 Å². The van der Waals surface area contributed by atoms with Crippen LogP contribution in [-0.2, 0) is 50.7 Å². The quantitative estimate of drug-likeness (QED) is 0.0887. The number of carbonyl (C=O) groups is 4. The molecule has 1 aromatic heterocycles. The monoisotopic (exact) mass is 615 g/mol. The van der Waals surface area contributed by atoms with Crippen LogP contribution in [0.15, 0.2) is 26.2 Å². The van der Waals surface area contributed by atoms with Crippen LogP contribution in [0.3, 0.4) is 0 Å². The molecule has 0 spiro atoms. The lowest BCUT2D eigenvalue weighted by Crippen LogP contribution is -2.35. The maximum Gasteiger partial charge on any atom is 0.339 e. The van der Waals surface area contributed by atoms with Crippen molar-refractivity contribution in [3.63, 3.8) is 0 Å². The minimum Gasteiger partial charge on any atom is -0.422 e. The van der Waals surface area contributed by atoms with Gasteiger partial charge in [0.05, 0.1) is 5.69 Å². The minimum absolute atomic E-state index is 0.00162. The van der Waals surface area contributed by atoms with Crippen LogP contribution in [0.2, 0.25) is 0 Å². The van der Waals surface area contributed by atoms with Gasteiger partial charge >= 0.3 is 11.6 Å². The van der Waals surface area contributed by atoms with Crippen LogP contribution < -0.4 is 16.7 Å². The summed E-state index contributed by atoms with van der Waals surface area (Å²) in [6.45, 7) is -0.126. The third-order valence-corrected chi connectivity index (χ3v) is 9.00. The molecule has 18 heteroatoms. The molecule has 0 saturated carbocycles. The second kappa shape index (κ2) is 11.2. The summed E-state index contributed by atoms with van der Waals surface area (Å²) in [5.74, 6) is -4.15. The molecule has 41 heavy (non-hydrogen) atoms. The van der Waals surface area contributed by atoms with Gasteiger partial charge in [0.1, 0.15) is 15.7 Å². The highest BCUT2D eigenvalue weighted by Crippen LogP contribution is 2.42. The molecule has 1 aromatic carbocycles. The number of rotatable bonds is 10. The molecule has 3 amide bonds. The first-order valence-corrected chi connectivity index (χ1v) is 15.2. The fraction of sp³-hybridized carbons (Fsp3) is 0.435. The highest BCUT2D eigenvalue weighted by molar-refractivity contribution is 7.86. The summed E-state index contributed by atoms with van der Waals surface area (Å²) < 4.78 is 73.2. The number of carbonyl (C=O) groups excluding carboxylic acids is 4. The molecule has 1 aliphatic carbocycles. The van der Waals surface area contributed by atoms with Crippen molar-refractivity contribution in [2.24, 2.45) is 0 Å². The highest BCUT2D eigenvalue weighted by Gasteiger charge is 2.41. The third kappa shape index (κ3) is 6.39. The van der Waals surface area contributed by atoms with Gasteiger partial charge in [-0.2, -0.15) is 16.8 Å². The number of nitrogens with two attached hydrogens (primary N) is 1. The summed E-state index contributed by atoms with van der Waals surface area (Å²) in [5.41, 5.74) is 4.30. The minimum atomic E-state index is -4.91. The van der Waals surface area contributed by atoms with Crippen LogP contribution in [0, 0.1) is 0 Å². The number of nitrogens with zero attached hydrogens (tertiary/aromatic N) is 1. The van der Waals surface area contributed by atoms with Gasteiger partial charge in [0.15, 0.2) is 0 Å².